The molecule has 2 unspecified atom stereocenters. The molecular formula is C13H17FN6. The lowest BCUT2D eigenvalue weighted by atomic mass is 10.2. The second kappa shape index (κ2) is 5.16. The molecule has 3 rings (SSSR count). The Kier molecular flexibility index (Phi) is 3.35. The minimum absolute atomic E-state index is 0.257. The van der Waals surface area contributed by atoms with Crippen molar-refractivity contribution in [2.45, 2.75) is 19.1 Å². The quantitative estimate of drug-likeness (QED) is 0.872. The first-order chi connectivity index (χ1) is 9.65. The number of rotatable bonds is 3. The van der Waals surface area contributed by atoms with Crippen molar-refractivity contribution in [1.82, 2.24) is 24.8 Å². The van der Waals surface area contributed by atoms with Crippen LogP contribution in [0.1, 0.15) is 5.82 Å². The summed E-state index contributed by atoms with van der Waals surface area (Å²) < 4.78 is 15.5. The molecule has 0 spiro atoms. The molecule has 0 aliphatic carbocycles. The van der Waals surface area contributed by atoms with Crippen molar-refractivity contribution in [2.75, 3.05) is 18.4 Å². The number of nitrogens with zero attached hydrogens (tertiary/aromatic N) is 4. The van der Waals surface area contributed by atoms with Gasteiger partial charge in [0, 0.05) is 20.1 Å². The maximum absolute atomic E-state index is 13.6. The smallest absolute Gasteiger partial charge is 0.145 e. The van der Waals surface area contributed by atoms with Crippen molar-refractivity contribution in [2.24, 2.45) is 7.05 Å². The van der Waals surface area contributed by atoms with E-state index in [1.807, 2.05) is 18.5 Å². The number of aryl methyl sites for hydroxylation is 1. The van der Waals surface area contributed by atoms with E-state index in [0.717, 1.165) is 17.2 Å². The van der Waals surface area contributed by atoms with E-state index >= 15 is 0 Å². The van der Waals surface area contributed by atoms with Gasteiger partial charge < -0.3 is 15.2 Å². The van der Waals surface area contributed by atoms with Gasteiger partial charge in [-0.2, -0.15) is 0 Å². The van der Waals surface area contributed by atoms with Crippen LogP contribution in [-0.2, 0) is 7.05 Å². The summed E-state index contributed by atoms with van der Waals surface area (Å²) in [7, 11) is 1.93. The molecule has 7 heteroatoms. The van der Waals surface area contributed by atoms with Gasteiger partial charge in [0.05, 0.1) is 30.3 Å². The molecular weight excluding hydrogens is 259 g/mol. The molecule has 1 aliphatic rings. The van der Waals surface area contributed by atoms with Gasteiger partial charge in [0.15, 0.2) is 0 Å². The van der Waals surface area contributed by atoms with Gasteiger partial charge in [-0.1, -0.05) is 0 Å². The Morgan fingerprint density at radius 2 is 2.20 bits per heavy atom. The first-order valence-electron chi connectivity index (χ1n) is 6.57. The zero-order valence-electron chi connectivity index (χ0n) is 11.5. The lowest BCUT2D eigenvalue weighted by molar-refractivity contribution is 0.342. The van der Waals surface area contributed by atoms with Crippen LogP contribution in [0.4, 0.5) is 10.2 Å². The van der Waals surface area contributed by atoms with Crippen LogP contribution >= 0.6 is 0 Å². The summed E-state index contributed by atoms with van der Waals surface area (Å²) >= 11 is 0. The number of anilines is 1. The minimum atomic E-state index is -0.903. The summed E-state index contributed by atoms with van der Waals surface area (Å²) in [5, 5.41) is 6.09. The van der Waals surface area contributed by atoms with Crippen LogP contribution in [0, 0.1) is 6.92 Å². The third kappa shape index (κ3) is 2.36. The first-order valence-corrected chi connectivity index (χ1v) is 6.57. The Balaban J connectivity index is 1.84. The molecule has 20 heavy (non-hydrogen) atoms. The molecule has 2 N–H and O–H groups in total. The van der Waals surface area contributed by atoms with Crippen LogP contribution in [0.3, 0.4) is 0 Å². The van der Waals surface area contributed by atoms with Crippen LogP contribution < -0.4 is 10.6 Å². The number of hydrogen-bond acceptors (Lipinski definition) is 5. The van der Waals surface area contributed by atoms with Gasteiger partial charge in [-0.3, -0.25) is 4.98 Å². The molecule has 0 aromatic carbocycles. The van der Waals surface area contributed by atoms with E-state index in [4.69, 9.17) is 0 Å². The van der Waals surface area contributed by atoms with Crippen molar-refractivity contribution in [1.29, 1.82) is 0 Å². The fraction of sp³-hybridized carbons (Fsp3) is 0.462. The molecule has 106 valence electrons. The highest BCUT2D eigenvalue weighted by Gasteiger charge is 2.26. The Labute approximate surface area is 116 Å². The molecule has 2 aromatic heterocycles. The highest BCUT2D eigenvalue weighted by atomic mass is 19.1. The lowest BCUT2D eigenvalue weighted by Gasteiger charge is -2.14. The van der Waals surface area contributed by atoms with E-state index < -0.39 is 6.17 Å². The van der Waals surface area contributed by atoms with E-state index in [9.17, 15) is 4.39 Å². The van der Waals surface area contributed by atoms with Crippen LogP contribution in [0.25, 0.3) is 11.4 Å². The molecule has 0 saturated carbocycles. The number of halogens is 1. The average molecular weight is 276 g/mol. The summed E-state index contributed by atoms with van der Waals surface area (Å²) in [5.74, 6) is 1.49. The summed E-state index contributed by atoms with van der Waals surface area (Å²) in [6.07, 6.45) is 4.15. The highest BCUT2D eigenvalue weighted by Crippen LogP contribution is 2.19. The summed E-state index contributed by atoms with van der Waals surface area (Å²) in [4.78, 5) is 12.9. The topological polar surface area (TPSA) is 67.7 Å². The van der Waals surface area contributed by atoms with E-state index in [1.165, 1.54) is 0 Å². The molecule has 2 aromatic rings. The molecule has 6 nitrogen and oxygen atoms in total. The number of alkyl halides is 1. The number of aromatic nitrogens is 4. The standard InChI is InChI=1S/C13H17FN6/c1-8-17-6-12(20(8)2)11-5-16-7-13(19-11)18-10-4-15-3-9(10)14/h5-7,9-10,15H,3-4H2,1-2H3,(H,18,19). The van der Waals surface area contributed by atoms with Crippen molar-refractivity contribution < 1.29 is 4.39 Å². The Morgan fingerprint density at radius 3 is 2.85 bits per heavy atom. The molecule has 1 aliphatic heterocycles. The van der Waals surface area contributed by atoms with Crippen LogP contribution in [-0.4, -0.2) is 44.8 Å². The van der Waals surface area contributed by atoms with Crippen LogP contribution in [0.5, 0.6) is 0 Å². The monoisotopic (exact) mass is 276 g/mol. The van der Waals surface area contributed by atoms with Gasteiger partial charge in [0.2, 0.25) is 0 Å². The maximum atomic E-state index is 13.6. The summed E-state index contributed by atoms with van der Waals surface area (Å²) in [6, 6.07) is -0.257. The van der Waals surface area contributed by atoms with E-state index in [1.54, 1.807) is 18.6 Å². The Hall–Kier alpha value is -2.02. The second-order valence-electron chi connectivity index (χ2n) is 4.96. The van der Waals surface area contributed by atoms with E-state index in [0.29, 0.717) is 18.9 Å². The predicted octanol–water partition coefficient (Wildman–Crippen LogP) is 0.907. The van der Waals surface area contributed by atoms with E-state index in [2.05, 4.69) is 25.6 Å². The van der Waals surface area contributed by atoms with Crippen molar-refractivity contribution in [3.63, 3.8) is 0 Å². The average Bonchev–Trinajstić information content (AvgIpc) is 2.98. The Morgan fingerprint density at radius 1 is 1.35 bits per heavy atom. The van der Waals surface area contributed by atoms with Gasteiger partial charge >= 0.3 is 0 Å². The van der Waals surface area contributed by atoms with E-state index in [-0.39, 0.29) is 6.04 Å². The fourth-order valence-corrected chi connectivity index (χ4v) is 2.28. The van der Waals surface area contributed by atoms with Gasteiger partial charge in [0.1, 0.15) is 23.5 Å². The molecule has 2 atom stereocenters. The summed E-state index contributed by atoms with van der Waals surface area (Å²) in [5.41, 5.74) is 1.61. The van der Waals surface area contributed by atoms with Crippen LogP contribution in [0.15, 0.2) is 18.6 Å². The summed E-state index contributed by atoms with van der Waals surface area (Å²) in [6.45, 7) is 2.90. The van der Waals surface area contributed by atoms with Crippen molar-refractivity contribution >= 4 is 5.82 Å². The SMILES string of the molecule is Cc1ncc(-c2cncc(NC3CNCC3F)n2)n1C. The normalized spacial score (nSPS) is 22.1. The third-order valence-corrected chi connectivity index (χ3v) is 3.59. The molecule has 0 bridgehead atoms. The largest absolute Gasteiger partial charge is 0.362 e. The minimum Gasteiger partial charge on any atom is -0.362 e. The predicted molar refractivity (Wildman–Crippen MR) is 74.1 cm³/mol. The number of hydrogen-bond donors (Lipinski definition) is 2. The maximum Gasteiger partial charge on any atom is 0.145 e. The molecule has 1 saturated heterocycles. The zero-order chi connectivity index (χ0) is 14.1. The second-order valence-corrected chi connectivity index (χ2v) is 4.96. The zero-order valence-corrected chi connectivity index (χ0v) is 11.5. The third-order valence-electron chi connectivity index (χ3n) is 3.59. The number of nitrogens with one attached hydrogen (secondary N) is 2. The van der Waals surface area contributed by atoms with Crippen LogP contribution in [0.2, 0.25) is 0 Å². The first kappa shape index (κ1) is 13.0. The fourth-order valence-electron chi connectivity index (χ4n) is 2.28. The lowest BCUT2D eigenvalue weighted by Crippen LogP contribution is -2.29. The molecule has 3 heterocycles. The molecule has 0 amide bonds. The van der Waals surface area contributed by atoms with Crippen molar-refractivity contribution in [3.05, 3.63) is 24.4 Å². The molecule has 1 fully saturated rings. The van der Waals surface area contributed by atoms with Gasteiger partial charge in [-0.15, -0.1) is 0 Å². The highest BCUT2D eigenvalue weighted by molar-refractivity contribution is 5.55. The molecule has 0 radical (unpaired) electrons. The van der Waals surface area contributed by atoms with Gasteiger partial charge in [-0.05, 0) is 6.92 Å². The van der Waals surface area contributed by atoms with Gasteiger partial charge in [-0.25, -0.2) is 14.4 Å². The van der Waals surface area contributed by atoms with Crippen molar-refractivity contribution in [3.8, 4) is 11.4 Å². The van der Waals surface area contributed by atoms with Gasteiger partial charge in [0.25, 0.3) is 0 Å². The number of imidazole rings is 1. The Bertz CT molecular complexity index is 611.